The highest BCUT2D eigenvalue weighted by atomic mass is 32.2. The van der Waals surface area contributed by atoms with Crippen LogP contribution in [0.1, 0.15) is 17.2 Å². The summed E-state index contributed by atoms with van der Waals surface area (Å²) in [6, 6.07) is 20.9. The molecule has 1 atom stereocenters. The van der Waals surface area contributed by atoms with E-state index >= 15 is 0 Å². The van der Waals surface area contributed by atoms with Gasteiger partial charge >= 0.3 is 5.97 Å². The number of hydrogen-bond acceptors (Lipinski definition) is 3. The van der Waals surface area contributed by atoms with Crippen LogP contribution in [0.3, 0.4) is 0 Å². The van der Waals surface area contributed by atoms with Gasteiger partial charge in [-0.3, -0.25) is 9.36 Å². The summed E-state index contributed by atoms with van der Waals surface area (Å²) >= 11 is 1.36. The van der Waals surface area contributed by atoms with Crippen LogP contribution in [0.4, 0.5) is 4.39 Å². The maximum atomic E-state index is 13.6. The fraction of sp³-hybridized carbons (Fsp3) is 0.120. The molecule has 0 aliphatic carbocycles. The highest BCUT2D eigenvalue weighted by Gasteiger charge is 2.33. The minimum atomic E-state index is -1.03. The fourth-order valence-corrected chi connectivity index (χ4v) is 5.57. The molecular formula is C25H18FNO3S. The van der Waals surface area contributed by atoms with Crippen molar-refractivity contribution in [2.75, 3.05) is 5.75 Å². The predicted molar refractivity (Wildman–Crippen MR) is 120 cm³/mol. The maximum Gasteiger partial charge on any atom is 0.327 e. The molecule has 0 saturated carbocycles. The molecule has 0 spiro atoms. The fourth-order valence-electron chi connectivity index (χ4n) is 4.22. The quantitative estimate of drug-likeness (QED) is 0.487. The average molecular weight is 431 g/mol. The summed E-state index contributed by atoms with van der Waals surface area (Å²) < 4.78 is 15.0. The first-order valence-corrected chi connectivity index (χ1v) is 10.9. The van der Waals surface area contributed by atoms with Crippen molar-refractivity contribution in [1.29, 1.82) is 0 Å². The Kier molecular flexibility index (Phi) is 4.87. The van der Waals surface area contributed by atoms with Crippen LogP contribution in [0, 0.1) is 5.82 Å². The molecule has 0 bridgehead atoms. The highest BCUT2D eigenvalue weighted by Crippen LogP contribution is 2.41. The zero-order chi connectivity index (χ0) is 21.5. The second kappa shape index (κ2) is 7.71. The van der Waals surface area contributed by atoms with Crippen molar-refractivity contribution in [3.05, 3.63) is 100 Å². The molecule has 0 saturated heterocycles. The van der Waals surface area contributed by atoms with Gasteiger partial charge in [0, 0.05) is 17.4 Å². The Bertz CT molecular complexity index is 1370. The normalized spacial score (nSPS) is 15.2. The summed E-state index contributed by atoms with van der Waals surface area (Å²) in [6.07, 6.45) is 0.509. The Balaban J connectivity index is 1.74. The number of pyridine rings is 1. The van der Waals surface area contributed by atoms with Gasteiger partial charge in [0.05, 0.1) is 5.03 Å². The summed E-state index contributed by atoms with van der Waals surface area (Å²) in [5.74, 6) is -1.09. The molecule has 1 N–H and O–H groups in total. The first-order chi connectivity index (χ1) is 15.0. The number of nitrogens with zero attached hydrogens (tertiary/aromatic N) is 1. The van der Waals surface area contributed by atoms with E-state index in [1.165, 1.54) is 34.5 Å². The summed E-state index contributed by atoms with van der Waals surface area (Å²) in [6.45, 7) is 0. The predicted octanol–water partition coefficient (Wildman–Crippen LogP) is 5.13. The van der Waals surface area contributed by atoms with Crippen LogP contribution in [0.15, 0.2) is 82.6 Å². The van der Waals surface area contributed by atoms with Gasteiger partial charge in [0.1, 0.15) is 11.9 Å². The molecule has 0 fully saturated rings. The molecule has 1 aliphatic heterocycles. The molecule has 31 heavy (non-hydrogen) atoms. The van der Waals surface area contributed by atoms with E-state index in [-0.39, 0.29) is 17.1 Å². The molecule has 0 amide bonds. The number of thioether (sulfide) groups is 1. The van der Waals surface area contributed by atoms with E-state index in [0.717, 1.165) is 33.0 Å². The number of carboxylic acids is 1. The summed E-state index contributed by atoms with van der Waals surface area (Å²) in [4.78, 5) is 24.7. The lowest BCUT2D eigenvalue weighted by Gasteiger charge is -2.17. The third-order valence-electron chi connectivity index (χ3n) is 5.66. The SMILES string of the molecule is O=C(O)[C@@H]1CSc2c(-c3ccc(F)cc3)c(Cc3cccc4ccccc34)cc(=O)n21. The molecule has 5 rings (SSSR count). The molecule has 2 heterocycles. The maximum absolute atomic E-state index is 13.6. The Hall–Kier alpha value is -3.38. The molecule has 6 heteroatoms. The van der Waals surface area contributed by atoms with E-state index < -0.39 is 12.0 Å². The van der Waals surface area contributed by atoms with Crippen LogP contribution in [-0.2, 0) is 11.2 Å². The summed E-state index contributed by atoms with van der Waals surface area (Å²) in [5, 5.41) is 12.4. The van der Waals surface area contributed by atoms with Crippen LogP contribution in [0.5, 0.6) is 0 Å². The van der Waals surface area contributed by atoms with Crippen LogP contribution >= 0.6 is 11.8 Å². The molecule has 0 radical (unpaired) electrons. The largest absolute Gasteiger partial charge is 0.480 e. The van der Waals surface area contributed by atoms with Crippen molar-refractivity contribution in [3.63, 3.8) is 0 Å². The lowest BCUT2D eigenvalue weighted by atomic mass is 9.93. The van der Waals surface area contributed by atoms with Crippen molar-refractivity contribution >= 4 is 28.5 Å². The minimum absolute atomic E-state index is 0.288. The van der Waals surface area contributed by atoms with Gasteiger partial charge < -0.3 is 5.11 Å². The second-order valence-corrected chi connectivity index (χ2v) is 8.55. The number of hydrogen-bond donors (Lipinski definition) is 1. The van der Waals surface area contributed by atoms with E-state index in [1.54, 1.807) is 12.1 Å². The molecule has 1 aromatic heterocycles. The van der Waals surface area contributed by atoms with Crippen molar-refractivity contribution in [2.24, 2.45) is 0 Å². The van der Waals surface area contributed by atoms with Gasteiger partial charge in [-0.25, -0.2) is 9.18 Å². The van der Waals surface area contributed by atoms with Crippen molar-refractivity contribution < 1.29 is 14.3 Å². The standard InChI is InChI=1S/C25H18FNO3S/c26-19-10-8-16(9-11-19)23-18(12-17-6-3-5-15-4-1-2-7-20(15)17)13-22(28)27-21(25(29)30)14-31-24(23)27/h1-11,13,21H,12,14H2,(H,29,30)/t21-/m0/s1. The zero-order valence-electron chi connectivity index (χ0n) is 16.4. The van der Waals surface area contributed by atoms with Crippen molar-refractivity contribution in [1.82, 2.24) is 4.57 Å². The minimum Gasteiger partial charge on any atom is -0.480 e. The number of rotatable bonds is 4. The molecule has 3 aromatic carbocycles. The van der Waals surface area contributed by atoms with Crippen LogP contribution < -0.4 is 5.56 Å². The Morgan fingerprint density at radius 2 is 1.77 bits per heavy atom. The number of carboxylic acid groups (broad SMARTS) is 1. The highest BCUT2D eigenvalue weighted by molar-refractivity contribution is 7.99. The van der Waals surface area contributed by atoms with E-state index in [2.05, 4.69) is 6.07 Å². The van der Waals surface area contributed by atoms with Gasteiger partial charge in [-0.2, -0.15) is 0 Å². The van der Waals surface area contributed by atoms with Gasteiger partial charge in [0.15, 0.2) is 0 Å². The number of carbonyl (C=O) groups is 1. The number of aliphatic carboxylic acids is 1. The molecule has 1 aliphatic rings. The Labute approximate surface area is 182 Å². The van der Waals surface area contributed by atoms with Crippen molar-refractivity contribution in [3.8, 4) is 11.1 Å². The summed E-state index contributed by atoms with van der Waals surface area (Å²) in [7, 11) is 0. The smallest absolute Gasteiger partial charge is 0.327 e. The molecule has 4 nitrogen and oxygen atoms in total. The van der Waals surface area contributed by atoms with E-state index in [0.29, 0.717) is 11.4 Å². The van der Waals surface area contributed by atoms with E-state index in [1.807, 2.05) is 36.4 Å². The third-order valence-corrected chi connectivity index (χ3v) is 6.81. The summed E-state index contributed by atoms with van der Waals surface area (Å²) in [5.41, 5.74) is 3.11. The van der Waals surface area contributed by atoms with E-state index in [9.17, 15) is 19.1 Å². The Morgan fingerprint density at radius 1 is 1.03 bits per heavy atom. The monoisotopic (exact) mass is 431 g/mol. The number of halogens is 1. The molecule has 4 aromatic rings. The van der Waals surface area contributed by atoms with Gasteiger partial charge in [-0.1, -0.05) is 54.6 Å². The van der Waals surface area contributed by atoms with Gasteiger partial charge in [0.25, 0.3) is 5.56 Å². The zero-order valence-corrected chi connectivity index (χ0v) is 17.2. The van der Waals surface area contributed by atoms with Crippen LogP contribution in [0.25, 0.3) is 21.9 Å². The molecule has 0 unspecified atom stereocenters. The number of benzene rings is 3. The van der Waals surface area contributed by atoms with Gasteiger partial charge in [-0.05, 0) is 46.0 Å². The first-order valence-electron chi connectivity index (χ1n) is 9.89. The van der Waals surface area contributed by atoms with Gasteiger partial charge in [-0.15, -0.1) is 11.8 Å². The van der Waals surface area contributed by atoms with Crippen LogP contribution in [-0.4, -0.2) is 21.4 Å². The number of aromatic nitrogens is 1. The van der Waals surface area contributed by atoms with Crippen molar-refractivity contribution in [2.45, 2.75) is 17.5 Å². The third kappa shape index (κ3) is 3.43. The molecular weight excluding hydrogens is 413 g/mol. The second-order valence-electron chi connectivity index (χ2n) is 7.54. The average Bonchev–Trinajstić information content (AvgIpc) is 3.21. The van der Waals surface area contributed by atoms with E-state index in [4.69, 9.17) is 0 Å². The lowest BCUT2D eigenvalue weighted by Crippen LogP contribution is -2.29. The van der Waals surface area contributed by atoms with Crippen LogP contribution in [0.2, 0.25) is 0 Å². The molecule has 154 valence electrons. The first kappa shape index (κ1) is 19.6. The lowest BCUT2D eigenvalue weighted by molar-refractivity contribution is -0.140. The topological polar surface area (TPSA) is 59.3 Å². The number of fused-ring (bicyclic) bond motifs is 2. The Morgan fingerprint density at radius 3 is 2.55 bits per heavy atom. The van der Waals surface area contributed by atoms with Gasteiger partial charge in [0.2, 0.25) is 0 Å².